The van der Waals surface area contributed by atoms with Gasteiger partial charge in [-0.15, -0.1) is 0 Å². The SMILES string of the molecule is Cc1cccc2c([C@H](O)C(F)(F)F)c[nH]c12. The number of H-pyrrole nitrogens is 1. The van der Waals surface area contributed by atoms with Crippen molar-refractivity contribution in [2.24, 2.45) is 0 Å². The van der Waals surface area contributed by atoms with E-state index in [0.717, 1.165) is 5.56 Å². The van der Waals surface area contributed by atoms with Gasteiger partial charge in [0.2, 0.25) is 0 Å². The number of hydrogen-bond donors (Lipinski definition) is 2. The lowest BCUT2D eigenvalue weighted by Crippen LogP contribution is -2.19. The van der Waals surface area contributed by atoms with E-state index in [1.807, 2.05) is 0 Å². The van der Waals surface area contributed by atoms with Crippen LogP contribution in [0.15, 0.2) is 24.4 Å². The Bertz CT molecular complexity index is 515. The maximum absolute atomic E-state index is 12.4. The van der Waals surface area contributed by atoms with E-state index in [0.29, 0.717) is 10.9 Å². The molecule has 0 radical (unpaired) electrons. The number of aryl methyl sites for hydroxylation is 1. The summed E-state index contributed by atoms with van der Waals surface area (Å²) in [7, 11) is 0. The van der Waals surface area contributed by atoms with Crippen molar-refractivity contribution in [3.05, 3.63) is 35.5 Å². The van der Waals surface area contributed by atoms with Crippen LogP contribution in [0, 0.1) is 6.92 Å². The minimum absolute atomic E-state index is 0.133. The zero-order chi connectivity index (χ0) is 11.9. The minimum Gasteiger partial charge on any atom is -0.379 e. The van der Waals surface area contributed by atoms with Crippen molar-refractivity contribution in [1.29, 1.82) is 0 Å². The third-order valence-corrected chi connectivity index (χ3v) is 2.56. The summed E-state index contributed by atoms with van der Waals surface area (Å²) in [6, 6.07) is 5.02. The predicted molar refractivity (Wildman–Crippen MR) is 54.1 cm³/mol. The number of halogens is 3. The van der Waals surface area contributed by atoms with Crippen LogP contribution in [-0.4, -0.2) is 16.3 Å². The molecule has 0 fully saturated rings. The first-order valence-corrected chi connectivity index (χ1v) is 4.72. The third-order valence-electron chi connectivity index (χ3n) is 2.56. The molecule has 0 aliphatic rings. The maximum atomic E-state index is 12.4. The molecule has 86 valence electrons. The molecular weight excluding hydrogens is 219 g/mol. The topological polar surface area (TPSA) is 36.0 Å². The Morgan fingerprint density at radius 1 is 1.31 bits per heavy atom. The Hall–Kier alpha value is -1.49. The molecule has 5 heteroatoms. The van der Waals surface area contributed by atoms with E-state index >= 15 is 0 Å². The monoisotopic (exact) mass is 229 g/mol. The average Bonchev–Trinajstić information content (AvgIpc) is 2.60. The highest BCUT2D eigenvalue weighted by atomic mass is 19.4. The van der Waals surface area contributed by atoms with E-state index in [1.54, 1.807) is 25.1 Å². The molecule has 0 aliphatic carbocycles. The van der Waals surface area contributed by atoms with Crippen LogP contribution in [0.3, 0.4) is 0 Å². The maximum Gasteiger partial charge on any atom is 0.418 e. The molecule has 1 aromatic carbocycles. The molecule has 1 aromatic heterocycles. The van der Waals surface area contributed by atoms with Gasteiger partial charge in [0, 0.05) is 22.7 Å². The number of para-hydroxylation sites is 1. The zero-order valence-electron chi connectivity index (χ0n) is 8.47. The lowest BCUT2D eigenvalue weighted by molar-refractivity contribution is -0.206. The van der Waals surface area contributed by atoms with Gasteiger partial charge in [0.1, 0.15) is 0 Å². The predicted octanol–water partition coefficient (Wildman–Crippen LogP) is 3.07. The number of aromatic nitrogens is 1. The summed E-state index contributed by atoms with van der Waals surface area (Å²) in [6.45, 7) is 1.79. The van der Waals surface area contributed by atoms with Gasteiger partial charge in [-0.2, -0.15) is 13.2 Å². The van der Waals surface area contributed by atoms with Gasteiger partial charge in [0.05, 0.1) is 0 Å². The fraction of sp³-hybridized carbons (Fsp3) is 0.273. The van der Waals surface area contributed by atoms with Crippen molar-refractivity contribution in [3.63, 3.8) is 0 Å². The van der Waals surface area contributed by atoms with Crippen molar-refractivity contribution in [3.8, 4) is 0 Å². The van der Waals surface area contributed by atoms with Gasteiger partial charge in [-0.1, -0.05) is 18.2 Å². The summed E-state index contributed by atoms with van der Waals surface area (Å²) >= 11 is 0. The van der Waals surface area contributed by atoms with Gasteiger partial charge in [-0.05, 0) is 12.5 Å². The minimum atomic E-state index is -4.64. The van der Waals surface area contributed by atoms with Gasteiger partial charge in [-0.3, -0.25) is 0 Å². The Labute approximate surface area is 89.7 Å². The molecule has 0 unspecified atom stereocenters. The number of hydrogen-bond acceptors (Lipinski definition) is 1. The highest BCUT2D eigenvalue weighted by Crippen LogP contribution is 2.36. The second-order valence-electron chi connectivity index (χ2n) is 3.69. The molecule has 2 N–H and O–H groups in total. The Morgan fingerprint density at radius 2 is 2.00 bits per heavy atom. The molecule has 1 atom stereocenters. The first-order valence-electron chi connectivity index (χ1n) is 4.72. The standard InChI is InChI=1S/C11H10F3NO/c1-6-3-2-4-7-8(5-15-9(6)7)10(16)11(12,13)14/h2-5,10,15-16H,1H3/t10-/m0/s1. The third kappa shape index (κ3) is 1.67. The number of alkyl halides is 3. The van der Waals surface area contributed by atoms with Crippen LogP contribution in [0.5, 0.6) is 0 Å². The van der Waals surface area contributed by atoms with Gasteiger partial charge in [0.15, 0.2) is 6.10 Å². The second kappa shape index (κ2) is 3.52. The van der Waals surface area contributed by atoms with Crippen LogP contribution in [0.4, 0.5) is 13.2 Å². The van der Waals surface area contributed by atoms with E-state index in [-0.39, 0.29) is 5.56 Å². The quantitative estimate of drug-likeness (QED) is 0.774. The lowest BCUT2D eigenvalue weighted by Gasteiger charge is -2.13. The summed E-state index contributed by atoms with van der Waals surface area (Å²) in [5, 5.41) is 9.60. The lowest BCUT2D eigenvalue weighted by atomic mass is 10.1. The number of nitrogens with one attached hydrogen (secondary N) is 1. The van der Waals surface area contributed by atoms with Crippen molar-refractivity contribution >= 4 is 10.9 Å². The zero-order valence-corrected chi connectivity index (χ0v) is 8.47. The molecule has 2 aromatic rings. The highest BCUT2D eigenvalue weighted by Gasteiger charge is 2.40. The number of rotatable bonds is 1. The van der Waals surface area contributed by atoms with E-state index < -0.39 is 12.3 Å². The van der Waals surface area contributed by atoms with Gasteiger partial charge in [0.25, 0.3) is 0 Å². The highest BCUT2D eigenvalue weighted by molar-refractivity contribution is 5.86. The van der Waals surface area contributed by atoms with Crippen molar-refractivity contribution in [2.45, 2.75) is 19.2 Å². The van der Waals surface area contributed by atoms with E-state index in [9.17, 15) is 18.3 Å². The van der Waals surface area contributed by atoms with Crippen LogP contribution < -0.4 is 0 Å². The fourth-order valence-corrected chi connectivity index (χ4v) is 1.73. The second-order valence-corrected chi connectivity index (χ2v) is 3.69. The summed E-state index contributed by atoms with van der Waals surface area (Å²) in [4.78, 5) is 2.75. The molecule has 0 amide bonds. The Morgan fingerprint density at radius 3 is 2.62 bits per heavy atom. The largest absolute Gasteiger partial charge is 0.418 e. The molecule has 0 aliphatic heterocycles. The summed E-state index contributed by atoms with van der Waals surface area (Å²) in [5.41, 5.74) is 1.34. The molecule has 2 rings (SSSR count). The normalized spacial score (nSPS) is 14.3. The van der Waals surface area contributed by atoms with Gasteiger partial charge >= 0.3 is 6.18 Å². The van der Waals surface area contributed by atoms with Crippen LogP contribution in [0.2, 0.25) is 0 Å². The molecular formula is C11H10F3NO. The number of aromatic amines is 1. The number of benzene rings is 1. The summed E-state index contributed by atoms with van der Waals surface area (Å²) < 4.78 is 37.1. The molecule has 0 bridgehead atoms. The van der Waals surface area contributed by atoms with Crippen molar-refractivity contribution in [1.82, 2.24) is 4.98 Å². The van der Waals surface area contributed by atoms with Crippen molar-refractivity contribution < 1.29 is 18.3 Å². The summed E-state index contributed by atoms with van der Waals surface area (Å²) in [5.74, 6) is 0. The van der Waals surface area contributed by atoms with Crippen LogP contribution in [0.25, 0.3) is 10.9 Å². The molecule has 0 saturated carbocycles. The molecule has 16 heavy (non-hydrogen) atoms. The number of fused-ring (bicyclic) bond motifs is 1. The fourth-order valence-electron chi connectivity index (χ4n) is 1.73. The first kappa shape index (κ1) is 11.0. The van der Waals surface area contributed by atoms with Gasteiger partial charge in [-0.25, -0.2) is 0 Å². The smallest absolute Gasteiger partial charge is 0.379 e. The van der Waals surface area contributed by atoms with Gasteiger partial charge < -0.3 is 10.1 Å². The average molecular weight is 229 g/mol. The van der Waals surface area contributed by atoms with E-state index in [1.165, 1.54) is 6.20 Å². The van der Waals surface area contributed by atoms with Crippen molar-refractivity contribution in [2.75, 3.05) is 0 Å². The number of aliphatic hydroxyl groups is 1. The molecule has 2 nitrogen and oxygen atoms in total. The molecule has 1 heterocycles. The first-order chi connectivity index (χ1) is 7.41. The molecule has 0 saturated heterocycles. The Balaban J connectivity index is 2.59. The van der Waals surface area contributed by atoms with Crippen LogP contribution >= 0.6 is 0 Å². The number of aliphatic hydroxyl groups excluding tert-OH is 1. The Kier molecular flexibility index (Phi) is 2.42. The summed E-state index contributed by atoms with van der Waals surface area (Å²) in [6.07, 6.45) is -5.88. The van der Waals surface area contributed by atoms with E-state index in [4.69, 9.17) is 0 Å². The van der Waals surface area contributed by atoms with Crippen LogP contribution in [-0.2, 0) is 0 Å². The molecule has 0 spiro atoms. The van der Waals surface area contributed by atoms with Crippen LogP contribution in [0.1, 0.15) is 17.2 Å². The van der Waals surface area contributed by atoms with E-state index in [2.05, 4.69) is 4.98 Å².